The van der Waals surface area contributed by atoms with Crippen LogP contribution in [0.3, 0.4) is 0 Å². The van der Waals surface area contributed by atoms with Crippen molar-refractivity contribution in [2.24, 2.45) is 7.05 Å². The first-order valence-corrected chi connectivity index (χ1v) is 8.10. The third-order valence-electron chi connectivity index (χ3n) is 3.83. The van der Waals surface area contributed by atoms with Gasteiger partial charge >= 0.3 is 0 Å². The Balaban J connectivity index is 1.60. The van der Waals surface area contributed by atoms with E-state index in [2.05, 4.69) is 40.8 Å². The fraction of sp³-hybridized carbons (Fsp3) is 0.533. The maximum absolute atomic E-state index is 4.70. The van der Waals surface area contributed by atoms with Gasteiger partial charge in [-0.2, -0.15) is 0 Å². The van der Waals surface area contributed by atoms with Crippen LogP contribution in [0.5, 0.6) is 0 Å². The van der Waals surface area contributed by atoms with Crippen LogP contribution in [0.4, 0.5) is 0 Å². The first-order valence-electron chi connectivity index (χ1n) is 7.11. The summed E-state index contributed by atoms with van der Waals surface area (Å²) < 4.78 is 2.20. The molecule has 102 valence electrons. The molecular formula is C15H21N3S. The number of fused-ring (bicyclic) bond motifs is 1. The van der Waals surface area contributed by atoms with Gasteiger partial charge in [0.15, 0.2) is 5.16 Å². The van der Waals surface area contributed by atoms with E-state index in [0.717, 1.165) is 16.4 Å². The average molecular weight is 275 g/mol. The highest BCUT2D eigenvalue weighted by molar-refractivity contribution is 7.99. The molecule has 2 aromatic rings. The van der Waals surface area contributed by atoms with E-state index in [9.17, 15) is 0 Å². The second kappa shape index (κ2) is 5.97. The first-order chi connectivity index (χ1) is 9.34. The van der Waals surface area contributed by atoms with Crippen LogP contribution >= 0.6 is 11.8 Å². The average Bonchev–Trinajstić information content (AvgIpc) is 2.78. The highest BCUT2D eigenvalue weighted by Crippen LogP contribution is 2.22. The molecule has 0 amide bonds. The van der Waals surface area contributed by atoms with Crippen LogP contribution in [0.1, 0.15) is 19.3 Å². The van der Waals surface area contributed by atoms with Crippen LogP contribution in [-0.4, -0.2) is 39.8 Å². The first kappa shape index (κ1) is 13.0. The van der Waals surface area contributed by atoms with Crippen molar-refractivity contribution in [2.45, 2.75) is 24.4 Å². The highest BCUT2D eigenvalue weighted by atomic mass is 32.2. The Morgan fingerprint density at radius 2 is 1.95 bits per heavy atom. The van der Waals surface area contributed by atoms with Gasteiger partial charge in [0, 0.05) is 19.3 Å². The molecule has 0 saturated carbocycles. The lowest BCUT2D eigenvalue weighted by molar-refractivity contribution is 0.242. The molecule has 1 saturated heterocycles. The molecule has 0 bridgehead atoms. The van der Waals surface area contributed by atoms with E-state index in [1.165, 1.54) is 44.4 Å². The van der Waals surface area contributed by atoms with Crippen LogP contribution in [0.25, 0.3) is 11.0 Å². The number of para-hydroxylation sites is 2. The Bertz CT molecular complexity index is 543. The Morgan fingerprint density at radius 3 is 2.74 bits per heavy atom. The molecule has 0 spiro atoms. The van der Waals surface area contributed by atoms with Crippen LogP contribution in [0, 0.1) is 0 Å². The quantitative estimate of drug-likeness (QED) is 0.800. The lowest BCUT2D eigenvalue weighted by Crippen LogP contribution is -2.31. The summed E-state index contributed by atoms with van der Waals surface area (Å²) in [5.41, 5.74) is 2.33. The lowest BCUT2D eigenvalue weighted by atomic mass is 10.1. The summed E-state index contributed by atoms with van der Waals surface area (Å²) >= 11 is 1.88. The minimum absolute atomic E-state index is 1.10. The summed E-state index contributed by atoms with van der Waals surface area (Å²) in [5.74, 6) is 1.14. The van der Waals surface area contributed by atoms with E-state index < -0.39 is 0 Å². The molecule has 4 heteroatoms. The number of nitrogens with zero attached hydrogens (tertiary/aromatic N) is 3. The van der Waals surface area contributed by atoms with Crippen molar-refractivity contribution in [3.8, 4) is 0 Å². The number of benzene rings is 1. The van der Waals surface area contributed by atoms with E-state index in [1.54, 1.807) is 0 Å². The van der Waals surface area contributed by atoms with Gasteiger partial charge in [0.2, 0.25) is 0 Å². The summed E-state index contributed by atoms with van der Waals surface area (Å²) in [6.45, 7) is 3.75. The SMILES string of the molecule is Cn1c(SCCN2CCCCC2)nc2ccccc21. The number of aromatic nitrogens is 2. The molecule has 0 aliphatic carbocycles. The maximum Gasteiger partial charge on any atom is 0.168 e. The minimum Gasteiger partial charge on any atom is -0.322 e. The molecule has 0 N–H and O–H groups in total. The zero-order valence-corrected chi connectivity index (χ0v) is 12.3. The van der Waals surface area contributed by atoms with Crippen LogP contribution in [-0.2, 0) is 7.05 Å². The Morgan fingerprint density at radius 1 is 1.16 bits per heavy atom. The summed E-state index contributed by atoms with van der Waals surface area (Å²) in [5, 5.41) is 1.14. The topological polar surface area (TPSA) is 21.1 Å². The predicted molar refractivity (Wildman–Crippen MR) is 81.7 cm³/mol. The molecular weight excluding hydrogens is 254 g/mol. The molecule has 2 heterocycles. The van der Waals surface area contributed by atoms with Crippen LogP contribution in [0.15, 0.2) is 29.4 Å². The summed E-state index contributed by atoms with van der Waals surface area (Å²) in [7, 11) is 2.11. The molecule has 0 atom stereocenters. The van der Waals surface area contributed by atoms with Crippen molar-refractivity contribution in [1.29, 1.82) is 0 Å². The normalized spacial score (nSPS) is 17.1. The van der Waals surface area contributed by atoms with E-state index in [-0.39, 0.29) is 0 Å². The van der Waals surface area contributed by atoms with Crippen molar-refractivity contribution in [3.05, 3.63) is 24.3 Å². The van der Waals surface area contributed by atoms with E-state index in [4.69, 9.17) is 4.98 Å². The van der Waals surface area contributed by atoms with E-state index >= 15 is 0 Å². The van der Waals surface area contributed by atoms with Gasteiger partial charge in [-0.15, -0.1) is 0 Å². The third kappa shape index (κ3) is 2.95. The fourth-order valence-electron chi connectivity index (χ4n) is 2.70. The predicted octanol–water partition coefficient (Wildman–Crippen LogP) is 3.15. The van der Waals surface area contributed by atoms with Gasteiger partial charge < -0.3 is 9.47 Å². The number of aryl methyl sites for hydroxylation is 1. The minimum atomic E-state index is 1.10. The van der Waals surface area contributed by atoms with Crippen molar-refractivity contribution in [3.63, 3.8) is 0 Å². The molecule has 1 fully saturated rings. The molecule has 1 aliphatic rings. The number of likely N-dealkylation sites (tertiary alicyclic amines) is 1. The number of hydrogen-bond donors (Lipinski definition) is 0. The molecule has 3 nitrogen and oxygen atoms in total. The van der Waals surface area contributed by atoms with Crippen LogP contribution in [0.2, 0.25) is 0 Å². The van der Waals surface area contributed by atoms with Crippen molar-refractivity contribution in [2.75, 3.05) is 25.4 Å². The second-order valence-corrected chi connectivity index (χ2v) is 6.25. The van der Waals surface area contributed by atoms with Gasteiger partial charge in [-0.25, -0.2) is 4.98 Å². The van der Waals surface area contributed by atoms with Gasteiger partial charge in [-0.3, -0.25) is 0 Å². The Labute approximate surface area is 119 Å². The largest absolute Gasteiger partial charge is 0.322 e. The number of thioether (sulfide) groups is 1. The van der Waals surface area contributed by atoms with Gasteiger partial charge in [0.25, 0.3) is 0 Å². The number of piperidine rings is 1. The zero-order valence-electron chi connectivity index (χ0n) is 11.5. The Hall–Kier alpha value is -1.00. The molecule has 19 heavy (non-hydrogen) atoms. The molecule has 0 unspecified atom stereocenters. The van der Waals surface area contributed by atoms with Crippen molar-refractivity contribution < 1.29 is 0 Å². The third-order valence-corrected chi connectivity index (χ3v) is 4.84. The standard InChI is InChI=1S/C15H21N3S/c1-17-14-8-4-3-7-13(14)16-15(17)19-12-11-18-9-5-2-6-10-18/h3-4,7-8H,2,5-6,9-12H2,1H3. The summed E-state index contributed by atoms with van der Waals surface area (Å²) in [4.78, 5) is 7.28. The fourth-order valence-corrected chi connectivity index (χ4v) is 3.69. The van der Waals surface area contributed by atoms with E-state index in [1.807, 2.05) is 11.8 Å². The van der Waals surface area contributed by atoms with Crippen molar-refractivity contribution in [1.82, 2.24) is 14.5 Å². The molecule has 1 aromatic heterocycles. The number of rotatable bonds is 4. The zero-order chi connectivity index (χ0) is 13.1. The summed E-state index contributed by atoms with van der Waals surface area (Å²) in [6, 6.07) is 8.35. The molecule has 0 radical (unpaired) electrons. The summed E-state index contributed by atoms with van der Waals surface area (Å²) in [6.07, 6.45) is 4.16. The van der Waals surface area contributed by atoms with Crippen LogP contribution < -0.4 is 0 Å². The Kier molecular flexibility index (Phi) is 4.09. The highest BCUT2D eigenvalue weighted by Gasteiger charge is 2.11. The molecule has 3 rings (SSSR count). The van der Waals surface area contributed by atoms with Gasteiger partial charge in [0.05, 0.1) is 11.0 Å². The monoisotopic (exact) mass is 275 g/mol. The maximum atomic E-state index is 4.70. The molecule has 1 aliphatic heterocycles. The smallest absolute Gasteiger partial charge is 0.168 e. The van der Waals surface area contributed by atoms with Gasteiger partial charge in [-0.05, 0) is 38.1 Å². The van der Waals surface area contributed by atoms with E-state index in [0.29, 0.717) is 0 Å². The number of hydrogen-bond acceptors (Lipinski definition) is 3. The molecule has 1 aromatic carbocycles. The van der Waals surface area contributed by atoms with Gasteiger partial charge in [0.1, 0.15) is 0 Å². The second-order valence-electron chi connectivity index (χ2n) is 5.19. The number of imidazole rings is 1. The van der Waals surface area contributed by atoms with Gasteiger partial charge in [-0.1, -0.05) is 30.3 Å². The van der Waals surface area contributed by atoms with Crippen molar-refractivity contribution >= 4 is 22.8 Å². The lowest BCUT2D eigenvalue weighted by Gasteiger charge is -2.25.